The van der Waals surface area contributed by atoms with Crippen LogP contribution in [0.3, 0.4) is 0 Å². The molecular formula is C12H10Sn. The van der Waals surface area contributed by atoms with Gasteiger partial charge < -0.3 is 0 Å². The molecule has 0 aliphatic carbocycles. The van der Waals surface area contributed by atoms with Crippen molar-refractivity contribution in [3.8, 4) is 0 Å². The average molecular weight is 283 g/mol. The molecule has 0 N–H and O–H groups in total. The van der Waals surface area contributed by atoms with Gasteiger partial charge in [-0.25, -0.2) is 0 Å². The van der Waals surface area contributed by atoms with E-state index < -0.39 is 57.4 Å². The fourth-order valence-electron chi connectivity index (χ4n) is 0.750. The van der Waals surface area contributed by atoms with Crippen molar-refractivity contribution in [2.24, 2.45) is 0 Å². The van der Waals surface area contributed by atoms with Crippen LogP contribution in [0.25, 0.3) is 0 Å². The van der Waals surface area contributed by atoms with Gasteiger partial charge in [0.2, 0.25) is 0 Å². The second-order valence-corrected chi connectivity index (χ2v) is 5.69. The third-order valence-electron chi connectivity index (χ3n) is 1.25. The first-order valence-corrected chi connectivity index (χ1v) is 6.35. The van der Waals surface area contributed by atoms with Crippen molar-refractivity contribution in [2.45, 2.75) is 0 Å². The van der Waals surface area contributed by atoms with E-state index in [2.05, 4.69) is 0 Å². The van der Waals surface area contributed by atoms with Gasteiger partial charge in [0.1, 0.15) is 0 Å². The SMILES string of the molecule is [2H]c1c([2H])c([2H])[c]([Sn][c]2c([2H])c([2H])c([2H])c([2H])c2[2H])c([2H])c1[2H]. The van der Waals surface area contributed by atoms with E-state index in [1.807, 2.05) is 0 Å². The summed E-state index contributed by atoms with van der Waals surface area (Å²) in [6, 6.07) is -4.40. The molecule has 0 aliphatic rings. The molecule has 62 valence electrons. The predicted octanol–water partition coefficient (Wildman–Crippen LogP) is 1.34. The van der Waals surface area contributed by atoms with Gasteiger partial charge >= 0.3 is 102 Å². The Morgan fingerprint density at radius 3 is 1.46 bits per heavy atom. The summed E-state index contributed by atoms with van der Waals surface area (Å²) in [5, 5.41) is 0. The van der Waals surface area contributed by atoms with Crippen molar-refractivity contribution in [3.63, 3.8) is 0 Å². The summed E-state index contributed by atoms with van der Waals surface area (Å²) in [5.41, 5.74) is 0. The summed E-state index contributed by atoms with van der Waals surface area (Å²) < 4.78 is 77.4. The van der Waals surface area contributed by atoms with Crippen LogP contribution in [0.2, 0.25) is 0 Å². The van der Waals surface area contributed by atoms with Gasteiger partial charge in [-0.15, -0.1) is 0 Å². The zero-order valence-electron chi connectivity index (χ0n) is 16.5. The molecule has 0 nitrogen and oxygen atoms in total. The second kappa shape index (κ2) is 4.47. The Kier molecular flexibility index (Phi) is 0.984. The molecule has 0 heterocycles. The average Bonchev–Trinajstić information content (AvgIpc) is 2.54. The molecule has 2 radical (unpaired) electrons. The normalized spacial score (nSPS) is 20.6. The molecular weight excluding hydrogens is 263 g/mol. The van der Waals surface area contributed by atoms with E-state index in [0.29, 0.717) is 0 Å². The minimum atomic E-state index is -2.21. The van der Waals surface area contributed by atoms with Crippen LogP contribution in [-0.4, -0.2) is 21.1 Å². The first kappa shape index (κ1) is 2.86. The van der Waals surface area contributed by atoms with Crippen molar-refractivity contribution in [3.05, 3.63) is 60.4 Å². The third-order valence-corrected chi connectivity index (χ3v) is 4.10. The van der Waals surface area contributed by atoms with Crippen LogP contribution in [0.1, 0.15) is 13.7 Å². The summed E-state index contributed by atoms with van der Waals surface area (Å²) in [6.45, 7) is 0. The van der Waals surface area contributed by atoms with Crippen LogP contribution < -0.4 is 7.16 Å². The van der Waals surface area contributed by atoms with E-state index in [1.165, 1.54) is 0 Å². The van der Waals surface area contributed by atoms with E-state index in [9.17, 15) is 0 Å². The molecule has 0 aromatic heterocycles. The quantitative estimate of drug-likeness (QED) is 0.730. The molecule has 0 saturated carbocycles. The summed E-state index contributed by atoms with van der Waals surface area (Å²) in [6.07, 6.45) is 0. The molecule has 0 aliphatic heterocycles. The van der Waals surface area contributed by atoms with Crippen molar-refractivity contribution in [2.75, 3.05) is 0 Å². The molecule has 13 heavy (non-hydrogen) atoms. The van der Waals surface area contributed by atoms with Gasteiger partial charge in [0.25, 0.3) is 0 Å². The van der Waals surface area contributed by atoms with Crippen LogP contribution in [0.15, 0.2) is 60.4 Å². The molecule has 2 aromatic rings. The summed E-state index contributed by atoms with van der Waals surface area (Å²) in [7, 11) is 0. The van der Waals surface area contributed by atoms with Crippen LogP contribution in [-0.2, 0) is 0 Å². The monoisotopic (exact) mass is 284 g/mol. The maximum atomic E-state index is 7.89. The minimum absolute atomic E-state index is 0.0677. The van der Waals surface area contributed by atoms with E-state index in [4.69, 9.17) is 13.7 Å². The summed E-state index contributed by atoms with van der Waals surface area (Å²) in [4.78, 5) is 0. The molecule has 2 aromatic carbocycles. The van der Waals surface area contributed by atoms with Crippen LogP contribution in [0.4, 0.5) is 0 Å². The van der Waals surface area contributed by atoms with Gasteiger partial charge in [-0.05, 0) is 0 Å². The first-order valence-electron chi connectivity index (χ1n) is 8.50. The zero-order valence-corrected chi connectivity index (χ0v) is 9.35. The molecule has 0 unspecified atom stereocenters. The van der Waals surface area contributed by atoms with Crippen molar-refractivity contribution < 1.29 is 13.7 Å². The van der Waals surface area contributed by atoms with Gasteiger partial charge in [-0.1, -0.05) is 0 Å². The number of hydrogen-bond acceptors (Lipinski definition) is 0. The topological polar surface area (TPSA) is 0 Å². The van der Waals surface area contributed by atoms with Gasteiger partial charge in [0.05, 0.1) is 0 Å². The molecule has 2 rings (SSSR count). The predicted molar refractivity (Wildman–Crippen MR) is 57.9 cm³/mol. The van der Waals surface area contributed by atoms with E-state index in [1.54, 1.807) is 0 Å². The Balaban J connectivity index is 2.71. The summed E-state index contributed by atoms with van der Waals surface area (Å²) >= 11 is -2.21. The van der Waals surface area contributed by atoms with Gasteiger partial charge in [0, 0.05) is 0 Å². The van der Waals surface area contributed by atoms with E-state index >= 15 is 0 Å². The van der Waals surface area contributed by atoms with Crippen LogP contribution in [0, 0.1) is 0 Å². The van der Waals surface area contributed by atoms with E-state index in [0.717, 1.165) is 0 Å². The number of hydrogen-bond donors (Lipinski definition) is 0. The fraction of sp³-hybridized carbons (Fsp3) is 0. The Hall–Kier alpha value is -0.761. The molecule has 0 atom stereocenters. The standard InChI is InChI=1S/2C6H5.Sn/c2*1-2-4-6-5-3-1;/h2*1-5H;/i2*1D,2D,3D,4D,5D;. The fourth-order valence-corrected chi connectivity index (χ4v) is 2.89. The Morgan fingerprint density at radius 2 is 1.08 bits per heavy atom. The zero-order chi connectivity index (χ0) is 17.6. The molecule has 0 saturated heterocycles. The Morgan fingerprint density at radius 1 is 0.692 bits per heavy atom. The maximum absolute atomic E-state index is 7.89. The van der Waals surface area contributed by atoms with Gasteiger partial charge in [0.15, 0.2) is 0 Å². The Bertz CT molecular complexity index is 691. The third kappa shape index (κ3) is 2.59. The Labute approximate surface area is 103 Å². The molecule has 0 amide bonds. The molecule has 0 spiro atoms. The molecule has 0 bridgehead atoms. The van der Waals surface area contributed by atoms with Crippen molar-refractivity contribution >= 4 is 28.3 Å². The van der Waals surface area contributed by atoms with Crippen LogP contribution >= 0.6 is 0 Å². The van der Waals surface area contributed by atoms with Gasteiger partial charge in [-0.3, -0.25) is 0 Å². The second-order valence-electron chi connectivity index (χ2n) is 2.12. The van der Waals surface area contributed by atoms with Crippen molar-refractivity contribution in [1.82, 2.24) is 0 Å². The number of benzene rings is 2. The molecule has 1 heteroatoms. The van der Waals surface area contributed by atoms with E-state index in [-0.39, 0.29) is 31.3 Å². The first-order chi connectivity index (χ1) is 10.6. The van der Waals surface area contributed by atoms with Crippen LogP contribution in [0.5, 0.6) is 0 Å². The van der Waals surface area contributed by atoms with Gasteiger partial charge in [-0.2, -0.15) is 0 Å². The number of rotatable bonds is 2. The van der Waals surface area contributed by atoms with Crippen molar-refractivity contribution in [1.29, 1.82) is 0 Å². The summed E-state index contributed by atoms with van der Waals surface area (Å²) in [5.74, 6) is 0. The molecule has 0 fully saturated rings.